The molecule has 0 saturated heterocycles. The Morgan fingerprint density at radius 3 is 2.42 bits per heavy atom. The van der Waals surface area contributed by atoms with Crippen molar-refractivity contribution in [2.45, 2.75) is 26.2 Å². The number of pyridine rings is 1. The highest BCUT2D eigenvalue weighted by atomic mass is 19.4. The second-order valence-electron chi connectivity index (χ2n) is 5.37. The molecule has 1 heterocycles. The summed E-state index contributed by atoms with van der Waals surface area (Å²) in [7, 11) is 1.62. The fourth-order valence-corrected chi connectivity index (χ4v) is 2.22. The van der Waals surface area contributed by atoms with Gasteiger partial charge in [-0.15, -0.1) is 0 Å². The maximum atomic E-state index is 12.6. The van der Waals surface area contributed by atoms with Crippen molar-refractivity contribution in [2.24, 2.45) is 4.99 Å². The van der Waals surface area contributed by atoms with E-state index in [1.54, 1.807) is 13.2 Å². The Hall–Kier alpha value is -2.77. The van der Waals surface area contributed by atoms with Crippen molar-refractivity contribution in [1.82, 2.24) is 15.6 Å². The summed E-state index contributed by atoms with van der Waals surface area (Å²) in [6.07, 6.45) is -2.67. The number of benzene rings is 1. The Bertz CT molecular complexity index is 730. The van der Waals surface area contributed by atoms with Gasteiger partial charge in [-0.25, -0.2) is 4.98 Å². The summed E-state index contributed by atoms with van der Waals surface area (Å²) in [6.45, 7) is 3.21. The van der Waals surface area contributed by atoms with Crippen molar-refractivity contribution in [1.29, 1.82) is 0 Å². The first-order chi connectivity index (χ1) is 12.4. The summed E-state index contributed by atoms with van der Waals surface area (Å²) >= 11 is 0. The number of nitrogens with zero attached hydrogens (tertiary/aromatic N) is 2. The van der Waals surface area contributed by atoms with Gasteiger partial charge in [0, 0.05) is 31.9 Å². The van der Waals surface area contributed by atoms with Gasteiger partial charge < -0.3 is 15.4 Å². The fraction of sp³-hybridized carbons (Fsp3) is 0.333. The van der Waals surface area contributed by atoms with Gasteiger partial charge in [0.05, 0.1) is 12.2 Å². The molecule has 5 nitrogen and oxygen atoms in total. The van der Waals surface area contributed by atoms with E-state index in [1.165, 1.54) is 12.1 Å². The normalized spacial score (nSPS) is 12.0. The fourth-order valence-electron chi connectivity index (χ4n) is 2.22. The second kappa shape index (κ2) is 9.07. The van der Waals surface area contributed by atoms with Gasteiger partial charge >= 0.3 is 6.18 Å². The van der Waals surface area contributed by atoms with Gasteiger partial charge in [-0.3, -0.25) is 4.99 Å². The monoisotopic (exact) mass is 366 g/mol. The van der Waals surface area contributed by atoms with Gasteiger partial charge in [0.1, 0.15) is 0 Å². The number of ether oxygens (including phenoxy) is 1. The topological polar surface area (TPSA) is 58.5 Å². The highest BCUT2D eigenvalue weighted by molar-refractivity contribution is 5.79. The van der Waals surface area contributed by atoms with E-state index >= 15 is 0 Å². The van der Waals surface area contributed by atoms with E-state index in [0.29, 0.717) is 31.5 Å². The number of hydrogen-bond acceptors (Lipinski definition) is 3. The highest BCUT2D eigenvalue weighted by Gasteiger charge is 2.29. The van der Waals surface area contributed by atoms with E-state index < -0.39 is 11.7 Å². The van der Waals surface area contributed by atoms with E-state index in [1.807, 2.05) is 19.1 Å². The Balaban J connectivity index is 1.90. The molecular weight excluding hydrogens is 345 g/mol. The van der Waals surface area contributed by atoms with Gasteiger partial charge in [0.2, 0.25) is 5.88 Å². The molecule has 2 aromatic rings. The predicted octanol–water partition coefficient (Wildman–Crippen LogP) is 3.36. The summed E-state index contributed by atoms with van der Waals surface area (Å²) in [5.41, 5.74) is 0.938. The van der Waals surface area contributed by atoms with Gasteiger partial charge in [0.15, 0.2) is 5.96 Å². The van der Waals surface area contributed by atoms with Gasteiger partial charge in [-0.1, -0.05) is 18.2 Å². The molecule has 2 N–H and O–H groups in total. The van der Waals surface area contributed by atoms with E-state index in [4.69, 9.17) is 4.74 Å². The van der Waals surface area contributed by atoms with Crippen LogP contribution in [0.3, 0.4) is 0 Å². The van der Waals surface area contributed by atoms with E-state index in [9.17, 15) is 13.2 Å². The molecule has 8 heteroatoms. The predicted molar refractivity (Wildman–Crippen MR) is 93.9 cm³/mol. The molecule has 0 fully saturated rings. The van der Waals surface area contributed by atoms with Crippen LogP contribution in [0.25, 0.3) is 0 Å². The number of aliphatic imine (C=N–C) groups is 1. The van der Waals surface area contributed by atoms with Crippen LogP contribution in [-0.4, -0.2) is 24.6 Å². The number of nitrogens with one attached hydrogen (secondary N) is 2. The Labute approximate surface area is 150 Å². The molecule has 0 spiro atoms. The Kier molecular flexibility index (Phi) is 6.82. The van der Waals surface area contributed by atoms with Crippen LogP contribution in [0.4, 0.5) is 13.2 Å². The van der Waals surface area contributed by atoms with Crippen LogP contribution >= 0.6 is 0 Å². The van der Waals surface area contributed by atoms with E-state index in [-0.39, 0.29) is 0 Å². The van der Waals surface area contributed by atoms with Crippen LogP contribution < -0.4 is 15.4 Å². The quantitative estimate of drug-likeness (QED) is 0.608. The first-order valence-corrected chi connectivity index (χ1v) is 8.11. The molecule has 26 heavy (non-hydrogen) atoms. The third kappa shape index (κ3) is 5.65. The van der Waals surface area contributed by atoms with Crippen LogP contribution in [0.5, 0.6) is 5.88 Å². The Morgan fingerprint density at radius 2 is 1.81 bits per heavy atom. The molecule has 140 valence electrons. The average molecular weight is 366 g/mol. The van der Waals surface area contributed by atoms with Crippen LogP contribution in [-0.2, 0) is 19.3 Å². The number of rotatable bonds is 6. The number of aromatic nitrogens is 1. The molecule has 0 unspecified atom stereocenters. The van der Waals surface area contributed by atoms with Crippen molar-refractivity contribution in [3.8, 4) is 5.88 Å². The van der Waals surface area contributed by atoms with Crippen LogP contribution in [0.2, 0.25) is 0 Å². The van der Waals surface area contributed by atoms with Gasteiger partial charge in [-0.2, -0.15) is 13.2 Å². The molecule has 0 radical (unpaired) electrons. The third-order valence-electron chi connectivity index (χ3n) is 3.54. The molecule has 0 bridgehead atoms. The Morgan fingerprint density at radius 1 is 1.12 bits per heavy atom. The standard InChI is InChI=1S/C18H21F3N4O/c1-3-26-16-14(5-4-10-23-16)12-25-17(22-2)24-11-13-6-8-15(9-7-13)18(19,20)21/h4-10H,3,11-12H2,1-2H3,(H2,22,24,25). The van der Waals surface area contributed by atoms with Crippen molar-refractivity contribution >= 4 is 5.96 Å². The molecule has 0 aliphatic carbocycles. The third-order valence-corrected chi connectivity index (χ3v) is 3.54. The van der Waals surface area contributed by atoms with Crippen molar-refractivity contribution < 1.29 is 17.9 Å². The minimum atomic E-state index is -4.33. The molecule has 0 aliphatic heterocycles. The zero-order valence-electron chi connectivity index (χ0n) is 14.6. The van der Waals surface area contributed by atoms with Gasteiger partial charge in [0.25, 0.3) is 0 Å². The van der Waals surface area contributed by atoms with Crippen molar-refractivity contribution in [3.05, 3.63) is 59.3 Å². The second-order valence-corrected chi connectivity index (χ2v) is 5.37. The molecule has 2 rings (SSSR count). The van der Waals surface area contributed by atoms with E-state index in [2.05, 4.69) is 20.6 Å². The van der Waals surface area contributed by atoms with Crippen molar-refractivity contribution in [3.63, 3.8) is 0 Å². The molecule has 0 saturated carbocycles. The summed E-state index contributed by atoms with van der Waals surface area (Å²) in [4.78, 5) is 8.28. The maximum Gasteiger partial charge on any atom is 0.416 e. The van der Waals surface area contributed by atoms with Gasteiger partial charge in [-0.05, 0) is 30.7 Å². The van der Waals surface area contributed by atoms with E-state index in [0.717, 1.165) is 23.3 Å². The first kappa shape index (κ1) is 19.6. The van der Waals surface area contributed by atoms with Crippen LogP contribution in [0, 0.1) is 0 Å². The zero-order valence-corrected chi connectivity index (χ0v) is 14.6. The SMILES string of the molecule is CCOc1ncccc1CNC(=NC)NCc1ccc(C(F)(F)F)cc1. The lowest BCUT2D eigenvalue weighted by Gasteiger charge is -2.14. The lowest BCUT2D eigenvalue weighted by Crippen LogP contribution is -2.36. The lowest BCUT2D eigenvalue weighted by molar-refractivity contribution is -0.137. The lowest BCUT2D eigenvalue weighted by atomic mass is 10.1. The average Bonchev–Trinajstić information content (AvgIpc) is 2.63. The maximum absolute atomic E-state index is 12.6. The van der Waals surface area contributed by atoms with Crippen LogP contribution in [0.1, 0.15) is 23.6 Å². The number of guanidine groups is 1. The number of halogens is 3. The molecule has 0 amide bonds. The number of alkyl halides is 3. The summed E-state index contributed by atoms with van der Waals surface area (Å²) in [5.74, 6) is 1.08. The molecular formula is C18H21F3N4O. The molecule has 1 aromatic heterocycles. The highest BCUT2D eigenvalue weighted by Crippen LogP contribution is 2.29. The summed E-state index contributed by atoms with van der Waals surface area (Å²) in [6, 6.07) is 8.73. The minimum absolute atomic E-state index is 0.350. The largest absolute Gasteiger partial charge is 0.478 e. The summed E-state index contributed by atoms with van der Waals surface area (Å²) < 4.78 is 43.2. The first-order valence-electron chi connectivity index (χ1n) is 8.11. The molecule has 1 aromatic carbocycles. The zero-order chi connectivity index (χ0) is 19.0. The number of hydrogen-bond donors (Lipinski definition) is 2. The minimum Gasteiger partial charge on any atom is -0.478 e. The van der Waals surface area contributed by atoms with Crippen LogP contribution in [0.15, 0.2) is 47.6 Å². The molecule has 0 atom stereocenters. The molecule has 0 aliphatic rings. The smallest absolute Gasteiger partial charge is 0.416 e. The summed E-state index contributed by atoms with van der Waals surface area (Å²) in [5, 5.41) is 6.19. The van der Waals surface area contributed by atoms with Crippen molar-refractivity contribution in [2.75, 3.05) is 13.7 Å².